The van der Waals surface area contributed by atoms with Crippen molar-refractivity contribution >= 4 is 12.3 Å². The summed E-state index contributed by atoms with van der Waals surface area (Å²) in [6, 6.07) is 0. The lowest BCUT2D eigenvalue weighted by Gasteiger charge is -2.30. The first-order valence-electron chi connectivity index (χ1n) is 10.4. The number of alkyl halides is 15. The zero-order valence-corrected chi connectivity index (χ0v) is 19.8. The van der Waals surface area contributed by atoms with E-state index in [9.17, 15) is 75.4 Å². The molecule has 2 heterocycles. The largest absolute Gasteiger partial charge is 0.508 e. The van der Waals surface area contributed by atoms with Gasteiger partial charge in [-0.15, -0.1) is 0 Å². The molecule has 0 aromatic heterocycles. The molecule has 2 atom stereocenters. The molecule has 0 spiro atoms. The first kappa shape index (κ1) is 36.4. The van der Waals surface area contributed by atoms with Crippen LogP contribution in [0.2, 0.25) is 0 Å². The average Bonchev–Trinajstić information content (AvgIpc) is 3.39. The molecule has 0 bridgehead atoms. The number of ether oxygens (including phenoxy) is 6. The standard InChI is InChI=1S/C11H9F11O4.C7H8F4O4/c12-7(13,9(16,17)10(18,19)20)1-2-25-11(21,22)8(14,15)3-5-4-24-6(23)26-5;1-13-7(10,11)6(8,9)2-4-3-14-5(12)15-4/h5H,1-4H2;4H,2-3H2,1H3. The molecule has 0 aliphatic carbocycles. The van der Waals surface area contributed by atoms with E-state index in [0.29, 0.717) is 7.11 Å². The molecule has 2 unspecified atom stereocenters. The van der Waals surface area contributed by atoms with E-state index in [1.165, 1.54) is 0 Å². The van der Waals surface area contributed by atoms with Gasteiger partial charge in [0.1, 0.15) is 25.4 Å². The first-order chi connectivity index (χ1) is 18.2. The molecule has 0 N–H and O–H groups in total. The Hall–Kier alpha value is -2.59. The Bertz CT molecular complexity index is 909. The van der Waals surface area contributed by atoms with E-state index in [1.54, 1.807) is 0 Å². The van der Waals surface area contributed by atoms with Gasteiger partial charge in [0.15, 0.2) is 0 Å². The minimum Gasteiger partial charge on any atom is -0.430 e. The maximum absolute atomic E-state index is 13.4. The van der Waals surface area contributed by atoms with Crippen LogP contribution in [0, 0.1) is 0 Å². The van der Waals surface area contributed by atoms with Crippen LogP contribution in [-0.2, 0) is 28.4 Å². The molecule has 2 saturated heterocycles. The predicted molar refractivity (Wildman–Crippen MR) is 95.0 cm³/mol. The highest BCUT2D eigenvalue weighted by Gasteiger charge is 2.72. The number of hydrogen-bond acceptors (Lipinski definition) is 8. The number of rotatable bonds is 12. The van der Waals surface area contributed by atoms with Gasteiger partial charge in [-0.3, -0.25) is 0 Å². The van der Waals surface area contributed by atoms with Gasteiger partial charge in [-0.05, 0) is 0 Å². The van der Waals surface area contributed by atoms with E-state index in [2.05, 4.69) is 28.4 Å². The summed E-state index contributed by atoms with van der Waals surface area (Å²) in [6.45, 7) is -3.53. The molecule has 0 radical (unpaired) electrons. The maximum atomic E-state index is 13.4. The number of methoxy groups -OCH3 is 1. The summed E-state index contributed by atoms with van der Waals surface area (Å²) < 4.78 is 213. The van der Waals surface area contributed by atoms with Gasteiger partial charge in [-0.25, -0.2) is 9.59 Å². The lowest BCUT2D eigenvalue weighted by molar-refractivity contribution is -0.372. The molecule has 0 aromatic carbocycles. The monoisotopic (exact) mass is 646 g/mol. The second-order valence-corrected chi connectivity index (χ2v) is 8.03. The molecule has 2 aliphatic rings. The number of carbonyl (C=O) groups excluding carboxylic acids is 2. The summed E-state index contributed by atoms with van der Waals surface area (Å²) in [5.74, 6) is -22.0. The Balaban J connectivity index is 0.000000474. The highest BCUT2D eigenvalue weighted by molar-refractivity contribution is 5.62. The zero-order chi connectivity index (χ0) is 32.3. The van der Waals surface area contributed by atoms with Gasteiger partial charge in [0, 0.05) is 13.5 Å². The second kappa shape index (κ2) is 12.3. The average molecular weight is 646 g/mol. The lowest BCUT2D eigenvalue weighted by Crippen LogP contribution is -2.53. The van der Waals surface area contributed by atoms with Gasteiger partial charge in [-0.2, -0.15) is 65.9 Å². The van der Waals surface area contributed by atoms with E-state index in [1.807, 2.05) is 0 Å². The molecular weight excluding hydrogens is 629 g/mol. The summed E-state index contributed by atoms with van der Waals surface area (Å²) in [7, 11) is 0.463. The third-order valence-electron chi connectivity index (χ3n) is 4.89. The summed E-state index contributed by atoms with van der Waals surface area (Å²) in [5, 5.41) is 0. The lowest BCUT2D eigenvalue weighted by atomic mass is 10.1. The Morgan fingerprint density at radius 2 is 1.05 bits per heavy atom. The number of halogens is 15. The molecule has 2 rings (SSSR count). The normalized spacial score (nSPS) is 21.0. The van der Waals surface area contributed by atoms with Crippen molar-refractivity contribution in [2.24, 2.45) is 0 Å². The Morgan fingerprint density at radius 1 is 0.659 bits per heavy atom. The smallest absolute Gasteiger partial charge is 0.430 e. The molecule has 0 saturated carbocycles. The molecule has 0 amide bonds. The summed E-state index contributed by atoms with van der Waals surface area (Å²) >= 11 is 0. The molecule has 41 heavy (non-hydrogen) atoms. The number of hydrogen-bond donors (Lipinski definition) is 0. The molecule has 2 fully saturated rings. The van der Waals surface area contributed by atoms with Crippen molar-refractivity contribution in [2.45, 2.75) is 73.6 Å². The highest BCUT2D eigenvalue weighted by atomic mass is 19.4. The molecular formula is C18H17F15O8. The van der Waals surface area contributed by atoms with E-state index in [-0.39, 0.29) is 0 Å². The van der Waals surface area contributed by atoms with Crippen LogP contribution >= 0.6 is 0 Å². The zero-order valence-electron chi connectivity index (χ0n) is 19.8. The molecule has 0 aromatic rings. The summed E-state index contributed by atoms with van der Waals surface area (Å²) in [6.07, 6.45) is -28.4. The van der Waals surface area contributed by atoms with Gasteiger partial charge in [0.05, 0.1) is 19.4 Å². The van der Waals surface area contributed by atoms with Crippen LogP contribution in [0.1, 0.15) is 19.3 Å². The molecule has 23 heteroatoms. The Labute approximate surface area is 217 Å². The fourth-order valence-electron chi connectivity index (χ4n) is 2.67. The van der Waals surface area contributed by atoms with Gasteiger partial charge in [0.2, 0.25) is 0 Å². The summed E-state index contributed by atoms with van der Waals surface area (Å²) in [5.41, 5.74) is 0. The van der Waals surface area contributed by atoms with Gasteiger partial charge < -0.3 is 28.4 Å². The van der Waals surface area contributed by atoms with E-state index in [4.69, 9.17) is 0 Å². The maximum Gasteiger partial charge on any atom is 0.508 e. The van der Waals surface area contributed by atoms with Crippen LogP contribution in [-0.4, -0.2) is 93.5 Å². The first-order valence-corrected chi connectivity index (χ1v) is 10.4. The number of carbonyl (C=O) groups is 2. The van der Waals surface area contributed by atoms with E-state index in [0.717, 1.165) is 0 Å². The number of cyclic esters (lactones) is 4. The second-order valence-electron chi connectivity index (χ2n) is 8.03. The quantitative estimate of drug-likeness (QED) is 0.184. The van der Waals surface area contributed by atoms with Crippen LogP contribution in [0.5, 0.6) is 0 Å². The van der Waals surface area contributed by atoms with Crippen molar-refractivity contribution in [3.05, 3.63) is 0 Å². The van der Waals surface area contributed by atoms with Gasteiger partial charge in [0.25, 0.3) is 0 Å². The third-order valence-corrected chi connectivity index (χ3v) is 4.89. The SMILES string of the molecule is COC(F)(F)C(F)(F)CC1COC(=O)O1.O=C1OCC(CC(F)(F)C(F)(F)OCCC(F)(F)C(F)(F)C(F)(F)F)O1. The highest BCUT2D eigenvalue weighted by Crippen LogP contribution is 2.48. The van der Waals surface area contributed by atoms with Crippen molar-refractivity contribution in [1.29, 1.82) is 0 Å². The van der Waals surface area contributed by atoms with Gasteiger partial charge >= 0.3 is 54.4 Å². The van der Waals surface area contributed by atoms with Crippen LogP contribution in [0.3, 0.4) is 0 Å². The fraction of sp³-hybridized carbons (Fsp3) is 0.889. The minimum absolute atomic E-state index is 0.463. The van der Waals surface area contributed by atoms with Crippen molar-refractivity contribution in [3.8, 4) is 0 Å². The van der Waals surface area contributed by atoms with Crippen LogP contribution < -0.4 is 0 Å². The van der Waals surface area contributed by atoms with Crippen LogP contribution in [0.25, 0.3) is 0 Å². The van der Waals surface area contributed by atoms with E-state index >= 15 is 0 Å². The topological polar surface area (TPSA) is 89.5 Å². The molecule has 242 valence electrons. The minimum atomic E-state index is -6.70. The van der Waals surface area contributed by atoms with Crippen molar-refractivity contribution in [3.63, 3.8) is 0 Å². The summed E-state index contributed by atoms with van der Waals surface area (Å²) in [4.78, 5) is 20.8. The van der Waals surface area contributed by atoms with Gasteiger partial charge in [-0.1, -0.05) is 0 Å². The predicted octanol–water partition coefficient (Wildman–Crippen LogP) is 6.17. The Morgan fingerprint density at radius 3 is 1.37 bits per heavy atom. The van der Waals surface area contributed by atoms with E-state index < -0.39 is 106 Å². The van der Waals surface area contributed by atoms with Crippen molar-refractivity contribution in [2.75, 3.05) is 26.9 Å². The van der Waals surface area contributed by atoms with Crippen molar-refractivity contribution in [1.82, 2.24) is 0 Å². The van der Waals surface area contributed by atoms with Crippen LogP contribution in [0.4, 0.5) is 75.4 Å². The molecule has 2 aliphatic heterocycles. The molecule has 8 nitrogen and oxygen atoms in total. The Kier molecular flexibility index (Phi) is 11.0. The van der Waals surface area contributed by atoms with Crippen molar-refractivity contribution < 1.29 is 104 Å². The van der Waals surface area contributed by atoms with Crippen LogP contribution in [0.15, 0.2) is 0 Å². The fourth-order valence-corrected chi connectivity index (χ4v) is 2.67. The third kappa shape index (κ3) is 8.95.